The Labute approximate surface area is 183 Å². The second-order valence-electron chi connectivity index (χ2n) is 7.73. The van der Waals surface area contributed by atoms with Crippen LogP contribution in [0.15, 0.2) is 83.8 Å². The molecule has 3 aromatic carbocycles. The van der Waals surface area contributed by atoms with Crippen molar-refractivity contribution in [3.8, 4) is 5.75 Å². The maximum Gasteiger partial charge on any atom is 0.251 e. The van der Waals surface area contributed by atoms with Gasteiger partial charge in [0.25, 0.3) is 5.91 Å². The molecule has 4 heteroatoms. The van der Waals surface area contributed by atoms with E-state index in [1.165, 1.54) is 10.5 Å². The molecule has 0 aromatic heterocycles. The van der Waals surface area contributed by atoms with E-state index in [4.69, 9.17) is 4.74 Å². The normalized spacial score (nSPS) is 11.9. The first kappa shape index (κ1) is 22.0. The third-order valence-corrected chi connectivity index (χ3v) is 5.98. The average molecular weight is 420 g/mol. The SMILES string of the molecule is COc1ccc(C(CC(C)C)NC(=O)c2ccc(CSc3ccccc3)cc2)cc1. The molecular weight excluding hydrogens is 390 g/mol. The van der Waals surface area contributed by atoms with E-state index in [0.29, 0.717) is 11.5 Å². The maximum absolute atomic E-state index is 12.9. The molecule has 3 nitrogen and oxygen atoms in total. The lowest BCUT2D eigenvalue weighted by Crippen LogP contribution is -2.29. The van der Waals surface area contributed by atoms with Crippen LogP contribution in [0.5, 0.6) is 5.75 Å². The Hall–Kier alpha value is -2.72. The molecule has 1 atom stereocenters. The highest BCUT2D eigenvalue weighted by Gasteiger charge is 2.17. The van der Waals surface area contributed by atoms with Crippen LogP contribution in [0.4, 0.5) is 0 Å². The van der Waals surface area contributed by atoms with E-state index in [-0.39, 0.29) is 11.9 Å². The Morgan fingerprint density at radius 1 is 0.933 bits per heavy atom. The van der Waals surface area contributed by atoms with Crippen molar-refractivity contribution in [3.05, 3.63) is 95.6 Å². The minimum atomic E-state index is -0.0428. The van der Waals surface area contributed by atoms with Crippen molar-refractivity contribution in [2.75, 3.05) is 7.11 Å². The number of thioether (sulfide) groups is 1. The molecule has 0 fully saturated rings. The van der Waals surface area contributed by atoms with E-state index in [1.54, 1.807) is 18.9 Å². The summed E-state index contributed by atoms with van der Waals surface area (Å²) in [6.07, 6.45) is 0.879. The summed E-state index contributed by atoms with van der Waals surface area (Å²) in [6, 6.07) is 26.1. The van der Waals surface area contributed by atoms with Crippen molar-refractivity contribution >= 4 is 17.7 Å². The lowest BCUT2D eigenvalue weighted by molar-refractivity contribution is 0.0932. The molecule has 3 aromatic rings. The lowest BCUT2D eigenvalue weighted by atomic mass is 9.96. The number of nitrogens with one attached hydrogen (secondary N) is 1. The third-order valence-electron chi connectivity index (χ3n) is 4.90. The van der Waals surface area contributed by atoms with Crippen LogP contribution in [-0.2, 0) is 5.75 Å². The molecule has 0 saturated carbocycles. The average Bonchev–Trinajstić information content (AvgIpc) is 2.78. The second-order valence-corrected chi connectivity index (χ2v) is 8.78. The maximum atomic E-state index is 12.9. The van der Waals surface area contributed by atoms with Gasteiger partial charge in [0, 0.05) is 16.2 Å². The third kappa shape index (κ3) is 6.39. The first-order valence-corrected chi connectivity index (χ1v) is 11.3. The fourth-order valence-electron chi connectivity index (χ4n) is 3.26. The van der Waals surface area contributed by atoms with Crippen LogP contribution in [0.3, 0.4) is 0 Å². The Morgan fingerprint density at radius 2 is 1.60 bits per heavy atom. The molecule has 0 heterocycles. The number of carbonyl (C=O) groups excluding carboxylic acids is 1. The van der Waals surface area contributed by atoms with Crippen LogP contribution in [-0.4, -0.2) is 13.0 Å². The van der Waals surface area contributed by atoms with Crippen LogP contribution < -0.4 is 10.1 Å². The zero-order valence-corrected chi connectivity index (χ0v) is 18.6. The summed E-state index contributed by atoms with van der Waals surface area (Å²) in [6.45, 7) is 4.34. The molecule has 0 aliphatic heterocycles. The minimum Gasteiger partial charge on any atom is -0.497 e. The van der Waals surface area contributed by atoms with Gasteiger partial charge in [0.15, 0.2) is 0 Å². The number of methoxy groups -OCH3 is 1. The summed E-state index contributed by atoms with van der Waals surface area (Å²) >= 11 is 1.79. The fraction of sp³-hybridized carbons (Fsp3) is 0.269. The smallest absolute Gasteiger partial charge is 0.251 e. The van der Waals surface area contributed by atoms with Crippen LogP contribution in [0.25, 0.3) is 0 Å². The topological polar surface area (TPSA) is 38.3 Å². The predicted octanol–water partition coefficient (Wildman–Crippen LogP) is 6.50. The van der Waals surface area contributed by atoms with Gasteiger partial charge in [-0.1, -0.05) is 56.3 Å². The van der Waals surface area contributed by atoms with Crippen molar-refractivity contribution in [2.45, 2.75) is 37.0 Å². The fourth-order valence-corrected chi connectivity index (χ4v) is 4.14. The molecule has 3 rings (SSSR count). The number of hydrogen-bond donors (Lipinski definition) is 1. The van der Waals surface area contributed by atoms with Gasteiger partial charge in [0.2, 0.25) is 0 Å². The number of rotatable bonds is 9. The van der Waals surface area contributed by atoms with E-state index >= 15 is 0 Å². The molecule has 1 amide bonds. The molecule has 0 aliphatic carbocycles. The standard InChI is InChI=1S/C26H29NO2S/c1-19(2)17-25(21-13-15-23(29-3)16-14-21)27-26(28)22-11-9-20(10-12-22)18-30-24-7-5-4-6-8-24/h4-16,19,25H,17-18H2,1-3H3,(H,27,28). The van der Waals surface area contributed by atoms with Gasteiger partial charge in [-0.2, -0.15) is 0 Å². The summed E-state index contributed by atoms with van der Waals surface area (Å²) in [5.41, 5.74) is 2.98. The van der Waals surface area contributed by atoms with Gasteiger partial charge in [0.1, 0.15) is 5.75 Å². The Bertz CT molecular complexity index is 922. The van der Waals surface area contributed by atoms with Gasteiger partial charge in [-0.15, -0.1) is 11.8 Å². The Morgan fingerprint density at radius 3 is 2.20 bits per heavy atom. The van der Waals surface area contributed by atoms with Crippen LogP contribution >= 0.6 is 11.8 Å². The monoisotopic (exact) mass is 419 g/mol. The molecule has 1 unspecified atom stereocenters. The van der Waals surface area contributed by atoms with Gasteiger partial charge in [-0.3, -0.25) is 4.79 Å². The zero-order chi connectivity index (χ0) is 21.3. The number of ether oxygens (including phenoxy) is 1. The quantitative estimate of drug-likeness (QED) is 0.402. The minimum absolute atomic E-state index is 0.0308. The Balaban J connectivity index is 1.64. The van der Waals surface area contributed by atoms with Gasteiger partial charge < -0.3 is 10.1 Å². The number of amides is 1. The first-order valence-electron chi connectivity index (χ1n) is 10.3. The van der Waals surface area contributed by atoms with Gasteiger partial charge in [-0.05, 0) is 59.9 Å². The zero-order valence-electron chi connectivity index (χ0n) is 17.8. The van der Waals surface area contributed by atoms with E-state index in [0.717, 1.165) is 23.5 Å². The molecule has 0 aliphatic rings. The molecule has 30 heavy (non-hydrogen) atoms. The molecule has 156 valence electrons. The lowest BCUT2D eigenvalue weighted by Gasteiger charge is -2.21. The van der Waals surface area contributed by atoms with E-state index in [2.05, 4.69) is 31.3 Å². The summed E-state index contributed by atoms with van der Waals surface area (Å²) in [5.74, 6) is 2.12. The largest absolute Gasteiger partial charge is 0.497 e. The molecule has 1 N–H and O–H groups in total. The van der Waals surface area contributed by atoms with Crippen LogP contribution in [0.2, 0.25) is 0 Å². The summed E-state index contributed by atoms with van der Waals surface area (Å²) in [5, 5.41) is 3.21. The van der Waals surface area contributed by atoms with Crippen molar-refractivity contribution in [1.29, 1.82) is 0 Å². The van der Waals surface area contributed by atoms with Crippen LogP contribution in [0, 0.1) is 5.92 Å². The highest BCUT2D eigenvalue weighted by Crippen LogP contribution is 2.25. The van der Waals surface area contributed by atoms with Crippen molar-refractivity contribution in [2.24, 2.45) is 5.92 Å². The van der Waals surface area contributed by atoms with Crippen LogP contribution in [0.1, 0.15) is 47.8 Å². The first-order chi connectivity index (χ1) is 14.5. The summed E-state index contributed by atoms with van der Waals surface area (Å²) in [4.78, 5) is 14.1. The van der Waals surface area contributed by atoms with E-state index < -0.39 is 0 Å². The van der Waals surface area contributed by atoms with E-state index in [9.17, 15) is 4.79 Å². The van der Waals surface area contributed by atoms with E-state index in [1.807, 2.05) is 66.7 Å². The van der Waals surface area contributed by atoms with Crippen molar-refractivity contribution in [1.82, 2.24) is 5.32 Å². The molecule has 0 saturated heterocycles. The van der Waals surface area contributed by atoms with Gasteiger partial charge in [0.05, 0.1) is 13.2 Å². The Kier molecular flexibility index (Phi) is 7.97. The summed E-state index contributed by atoms with van der Waals surface area (Å²) in [7, 11) is 1.66. The molecule has 0 bridgehead atoms. The second kappa shape index (κ2) is 10.9. The predicted molar refractivity (Wildman–Crippen MR) is 125 cm³/mol. The number of carbonyl (C=O) groups is 1. The van der Waals surface area contributed by atoms with Crippen molar-refractivity contribution < 1.29 is 9.53 Å². The number of hydrogen-bond acceptors (Lipinski definition) is 3. The highest BCUT2D eigenvalue weighted by molar-refractivity contribution is 7.98. The summed E-state index contributed by atoms with van der Waals surface area (Å²) < 4.78 is 5.25. The molecule has 0 radical (unpaired) electrons. The van der Waals surface area contributed by atoms with Gasteiger partial charge in [-0.25, -0.2) is 0 Å². The highest BCUT2D eigenvalue weighted by atomic mass is 32.2. The molecular formula is C26H29NO2S. The molecule has 0 spiro atoms. The van der Waals surface area contributed by atoms with Gasteiger partial charge >= 0.3 is 0 Å². The number of benzene rings is 3. The van der Waals surface area contributed by atoms with Crippen molar-refractivity contribution in [3.63, 3.8) is 0 Å².